The Hall–Kier alpha value is -3.82. The Balaban J connectivity index is 1.39. The molecular weight excluding hydrogens is 482 g/mol. The van der Waals surface area contributed by atoms with Crippen molar-refractivity contribution in [2.24, 2.45) is 0 Å². The first-order valence-corrected chi connectivity index (χ1v) is 12.0. The molecule has 0 bridgehead atoms. The molecule has 2 heterocycles. The van der Waals surface area contributed by atoms with Crippen LogP contribution >= 0.6 is 0 Å². The third-order valence-electron chi connectivity index (χ3n) is 5.64. The fraction of sp³-hybridized carbons (Fsp3) is 0.269. The number of hydrogen-bond donors (Lipinski definition) is 4. The van der Waals surface area contributed by atoms with E-state index in [0.29, 0.717) is 33.6 Å². The van der Waals surface area contributed by atoms with Gasteiger partial charge in [0.2, 0.25) is 5.02 Å². The number of pyridine rings is 1. The van der Waals surface area contributed by atoms with Gasteiger partial charge in [0.15, 0.2) is 11.6 Å². The average Bonchev–Trinajstić information content (AvgIpc) is 2.88. The monoisotopic (exact) mass is 510 g/mol. The summed E-state index contributed by atoms with van der Waals surface area (Å²) in [5.74, 6) is 1.30. The molecule has 1 fully saturated rings. The lowest BCUT2D eigenvalue weighted by Crippen LogP contribution is -2.34. The first-order valence-electron chi connectivity index (χ1n) is 11.6. The lowest BCUT2D eigenvalue weighted by Gasteiger charge is -2.25. The molecule has 1 aromatic heterocycles. The highest BCUT2D eigenvalue weighted by Crippen LogP contribution is 2.31. The summed E-state index contributed by atoms with van der Waals surface area (Å²) >= 11 is 5.42. The van der Waals surface area contributed by atoms with Gasteiger partial charge < -0.3 is 30.7 Å². The molecule has 1 saturated heterocycles. The summed E-state index contributed by atoms with van der Waals surface area (Å²) < 4.78 is 12.0. The van der Waals surface area contributed by atoms with Crippen molar-refractivity contribution in [3.8, 4) is 17.2 Å². The smallest absolute Gasteiger partial charge is 0.323 e. The average molecular weight is 511 g/mol. The van der Waals surface area contributed by atoms with Crippen LogP contribution in [-0.4, -0.2) is 43.2 Å². The summed E-state index contributed by atoms with van der Waals surface area (Å²) in [6.07, 6.45) is 3.37. The Labute approximate surface area is 214 Å². The minimum absolute atomic E-state index is 0.0762. The fourth-order valence-corrected chi connectivity index (χ4v) is 3.88. The number of carbonyl (C=O) groups excluding carboxylic acids is 2. The van der Waals surface area contributed by atoms with Crippen LogP contribution in [0.15, 0.2) is 54.7 Å². The first kappa shape index (κ1) is 25.3. The molecule has 188 valence electrons. The normalized spacial score (nSPS) is 13.5. The second-order valence-corrected chi connectivity index (χ2v) is 8.78. The van der Waals surface area contributed by atoms with Gasteiger partial charge in [-0.3, -0.25) is 9.78 Å². The van der Waals surface area contributed by atoms with Crippen LogP contribution in [0.25, 0.3) is 0 Å². The third kappa shape index (κ3) is 6.65. The quantitative estimate of drug-likeness (QED) is 0.382. The molecule has 0 radical (unpaired) electrons. The number of rotatable bonds is 7. The van der Waals surface area contributed by atoms with Crippen molar-refractivity contribution in [1.82, 2.24) is 15.6 Å². The molecule has 36 heavy (non-hydrogen) atoms. The van der Waals surface area contributed by atoms with E-state index in [0.717, 1.165) is 31.5 Å². The van der Waals surface area contributed by atoms with Crippen molar-refractivity contribution in [2.75, 3.05) is 30.8 Å². The second kappa shape index (κ2) is 11.7. The van der Waals surface area contributed by atoms with E-state index in [9.17, 15) is 9.59 Å². The Kier molecular flexibility index (Phi) is 8.24. The molecule has 10 heteroatoms. The van der Waals surface area contributed by atoms with Crippen LogP contribution in [0.1, 0.15) is 28.9 Å². The molecule has 0 unspecified atom stereocenters. The van der Waals surface area contributed by atoms with Crippen LogP contribution in [0.3, 0.4) is 0 Å². The van der Waals surface area contributed by atoms with E-state index in [1.807, 2.05) is 13.0 Å². The largest absolute Gasteiger partial charge is 0.488 e. The van der Waals surface area contributed by atoms with Crippen LogP contribution in [-0.2, 0) is 0 Å². The van der Waals surface area contributed by atoms with E-state index in [1.54, 1.807) is 42.5 Å². The standard InChI is InChI=1S/C26H28ClN5O4/c1-16-13-22(24(15-21(16)27)36-19-7-10-29-11-8-19)32-26(34)31-17-3-5-18(6-4-17)35-20-9-12-30-23(14-20)25(33)28-2/h3-6,9,12-15,19,27,29H,7-8,10-11H2,1-2H3,(H2-,28,31,32,33,34)/p+1. The summed E-state index contributed by atoms with van der Waals surface area (Å²) in [5.41, 5.74) is 2.29. The maximum absolute atomic E-state index is 12.7. The zero-order chi connectivity index (χ0) is 25.5. The van der Waals surface area contributed by atoms with Crippen molar-refractivity contribution in [1.29, 1.82) is 0 Å². The molecule has 3 aromatic rings. The molecule has 3 amide bonds. The van der Waals surface area contributed by atoms with Crippen molar-refractivity contribution in [2.45, 2.75) is 25.9 Å². The van der Waals surface area contributed by atoms with E-state index >= 15 is 0 Å². The number of halogens is 1. The SMILES string of the molecule is CNC(=O)c1cc(Oc2ccc(NC(=O)Nc3cc(C)c([ClH+])cc3OC3CCNCC3)cc2)ccn1. The maximum atomic E-state index is 12.7. The van der Waals surface area contributed by atoms with Gasteiger partial charge in [-0.25, -0.2) is 4.79 Å². The highest BCUT2D eigenvalue weighted by Gasteiger charge is 2.20. The van der Waals surface area contributed by atoms with Crippen LogP contribution in [0, 0.1) is 18.5 Å². The minimum atomic E-state index is -0.403. The molecule has 0 aliphatic carbocycles. The van der Waals surface area contributed by atoms with Crippen LogP contribution in [0.2, 0.25) is 5.02 Å². The van der Waals surface area contributed by atoms with Crippen molar-refractivity contribution in [3.05, 3.63) is 71.0 Å². The number of urea groups is 1. The number of carbonyl (C=O) groups is 2. The summed E-state index contributed by atoms with van der Waals surface area (Å²) in [7, 11) is 1.54. The highest BCUT2D eigenvalue weighted by atomic mass is 35.5. The van der Waals surface area contributed by atoms with Gasteiger partial charge in [-0.2, -0.15) is 0 Å². The minimum Gasteiger partial charge on any atom is -0.488 e. The van der Waals surface area contributed by atoms with E-state index in [4.69, 9.17) is 21.1 Å². The van der Waals surface area contributed by atoms with Crippen molar-refractivity contribution < 1.29 is 30.7 Å². The number of aryl methyl sites for hydroxylation is 1. The zero-order valence-electron chi connectivity index (χ0n) is 20.1. The van der Waals surface area contributed by atoms with Gasteiger partial charge in [0.1, 0.15) is 29.0 Å². The van der Waals surface area contributed by atoms with Crippen LogP contribution in [0.5, 0.6) is 17.2 Å². The zero-order valence-corrected chi connectivity index (χ0v) is 20.9. The fourth-order valence-electron chi connectivity index (χ4n) is 3.71. The lowest BCUT2D eigenvalue weighted by molar-refractivity contribution is -0.290. The summed E-state index contributed by atoms with van der Waals surface area (Å²) in [6, 6.07) is 13.3. The molecule has 9 nitrogen and oxygen atoms in total. The first-order chi connectivity index (χ1) is 17.4. The molecule has 1 aliphatic rings. The second-order valence-electron chi connectivity index (χ2n) is 8.34. The number of aromatic nitrogens is 1. The number of hydrogen-bond acceptors (Lipinski definition) is 6. The van der Waals surface area contributed by atoms with E-state index in [2.05, 4.69) is 26.3 Å². The molecular formula is C26H29ClN5O4+. The van der Waals surface area contributed by atoms with E-state index in [1.165, 1.54) is 13.2 Å². The number of piperidine rings is 1. The Morgan fingerprint density at radius 1 is 1.03 bits per heavy atom. The predicted octanol–water partition coefficient (Wildman–Crippen LogP) is 4.01. The predicted molar refractivity (Wildman–Crippen MR) is 135 cm³/mol. The topological polar surface area (TPSA) is 114 Å². The highest BCUT2D eigenvalue weighted by molar-refractivity contribution is 6.00. The van der Waals surface area contributed by atoms with Gasteiger partial charge in [-0.15, -0.1) is 0 Å². The van der Waals surface area contributed by atoms with Crippen LogP contribution in [0.4, 0.5) is 16.2 Å². The van der Waals surface area contributed by atoms with Crippen LogP contribution < -0.4 is 30.7 Å². The molecule has 0 saturated carbocycles. The number of ether oxygens (including phenoxy) is 2. The van der Waals surface area contributed by atoms with Gasteiger partial charge in [0, 0.05) is 36.6 Å². The molecule has 4 N–H and O–H groups in total. The van der Waals surface area contributed by atoms with Gasteiger partial charge in [-0.05, 0) is 69.3 Å². The molecule has 0 spiro atoms. The Morgan fingerprint density at radius 2 is 1.78 bits per heavy atom. The third-order valence-corrected chi connectivity index (χ3v) is 6.08. The summed E-state index contributed by atoms with van der Waals surface area (Å²) in [6.45, 7) is 3.70. The Bertz CT molecular complexity index is 1230. The molecule has 2 aromatic carbocycles. The van der Waals surface area contributed by atoms with Gasteiger partial charge >= 0.3 is 6.03 Å². The molecule has 4 rings (SSSR count). The number of anilines is 2. The molecule has 0 atom stereocenters. The van der Waals surface area contributed by atoms with Gasteiger partial charge in [-0.1, -0.05) is 0 Å². The number of amides is 3. The maximum Gasteiger partial charge on any atom is 0.323 e. The number of nitrogens with zero attached hydrogens (tertiary/aromatic N) is 1. The lowest BCUT2D eigenvalue weighted by atomic mass is 10.1. The van der Waals surface area contributed by atoms with E-state index in [-0.39, 0.29) is 17.7 Å². The van der Waals surface area contributed by atoms with E-state index < -0.39 is 6.03 Å². The number of benzene rings is 2. The Morgan fingerprint density at radius 3 is 2.50 bits per heavy atom. The number of nitrogens with one attached hydrogen (secondary N) is 4. The van der Waals surface area contributed by atoms with Gasteiger partial charge in [0.25, 0.3) is 5.91 Å². The summed E-state index contributed by atoms with van der Waals surface area (Å²) in [5, 5.41) is 12.2. The molecule has 1 aliphatic heterocycles. The van der Waals surface area contributed by atoms with Crippen molar-refractivity contribution in [3.63, 3.8) is 0 Å². The summed E-state index contributed by atoms with van der Waals surface area (Å²) in [4.78, 5) is 28.5. The van der Waals surface area contributed by atoms with Gasteiger partial charge in [0.05, 0.1) is 5.69 Å². The van der Waals surface area contributed by atoms with Crippen molar-refractivity contribution >= 4 is 23.3 Å².